The van der Waals surface area contributed by atoms with Gasteiger partial charge < -0.3 is 0 Å². The van der Waals surface area contributed by atoms with Crippen LogP contribution in [0.1, 0.15) is 18.0 Å². The molecule has 0 radical (unpaired) electrons. The van der Waals surface area contributed by atoms with Gasteiger partial charge in [0.25, 0.3) is 0 Å². The van der Waals surface area contributed by atoms with Gasteiger partial charge in [-0.2, -0.15) is 5.26 Å². The van der Waals surface area contributed by atoms with Crippen molar-refractivity contribution in [2.45, 2.75) is 18.5 Å². The fraction of sp³-hybridized carbons (Fsp3) is 0.300. The van der Waals surface area contributed by atoms with Crippen LogP contribution in [0.15, 0.2) is 24.3 Å². The van der Waals surface area contributed by atoms with Crippen molar-refractivity contribution in [1.82, 2.24) is 10.9 Å². The third-order valence-corrected chi connectivity index (χ3v) is 2.33. The molecule has 0 aliphatic carbocycles. The van der Waals surface area contributed by atoms with Gasteiger partial charge in [0.2, 0.25) is 0 Å². The molecule has 0 amide bonds. The maximum atomic E-state index is 12.6. The van der Waals surface area contributed by atoms with Crippen LogP contribution < -0.4 is 10.9 Å². The first kappa shape index (κ1) is 9.13. The minimum atomic E-state index is -0.239. The maximum Gasteiger partial charge on any atom is 0.123 e. The number of benzene rings is 1. The number of rotatable bonds is 1. The summed E-state index contributed by atoms with van der Waals surface area (Å²) in [6, 6.07) is 8.38. The van der Waals surface area contributed by atoms with Gasteiger partial charge in [-0.1, -0.05) is 12.1 Å². The van der Waals surface area contributed by atoms with Gasteiger partial charge in [0.15, 0.2) is 0 Å². The third kappa shape index (κ3) is 1.74. The van der Waals surface area contributed by atoms with Gasteiger partial charge in [0, 0.05) is 6.04 Å². The molecule has 1 aliphatic rings. The average Bonchev–Trinajstić information content (AvgIpc) is 2.67. The van der Waals surface area contributed by atoms with Crippen LogP contribution in [0.2, 0.25) is 0 Å². The molecule has 14 heavy (non-hydrogen) atoms. The quantitative estimate of drug-likeness (QED) is 0.702. The highest BCUT2D eigenvalue weighted by atomic mass is 19.1. The molecule has 2 atom stereocenters. The largest absolute Gasteiger partial charge is 0.249 e. The van der Waals surface area contributed by atoms with Crippen molar-refractivity contribution in [2.75, 3.05) is 0 Å². The fourth-order valence-corrected chi connectivity index (χ4v) is 1.55. The van der Waals surface area contributed by atoms with Gasteiger partial charge in [-0.15, -0.1) is 0 Å². The Morgan fingerprint density at radius 3 is 2.57 bits per heavy atom. The normalized spacial score (nSPS) is 26.0. The highest BCUT2D eigenvalue weighted by Crippen LogP contribution is 2.21. The molecule has 3 nitrogen and oxygen atoms in total. The summed E-state index contributed by atoms with van der Waals surface area (Å²) < 4.78 is 12.6. The molecule has 1 aliphatic heterocycles. The van der Waals surface area contributed by atoms with E-state index >= 15 is 0 Å². The van der Waals surface area contributed by atoms with Crippen LogP contribution in [0.3, 0.4) is 0 Å². The van der Waals surface area contributed by atoms with Crippen molar-refractivity contribution in [3.8, 4) is 6.07 Å². The summed E-state index contributed by atoms with van der Waals surface area (Å²) in [7, 11) is 0. The van der Waals surface area contributed by atoms with Crippen LogP contribution in [-0.4, -0.2) is 6.04 Å². The highest BCUT2D eigenvalue weighted by Gasteiger charge is 2.24. The first-order valence-corrected chi connectivity index (χ1v) is 4.46. The predicted molar refractivity (Wildman–Crippen MR) is 49.4 cm³/mol. The minimum absolute atomic E-state index is 0.0975. The lowest BCUT2D eigenvalue weighted by molar-refractivity contribution is 0.570. The van der Waals surface area contributed by atoms with E-state index in [1.807, 2.05) is 0 Å². The van der Waals surface area contributed by atoms with Gasteiger partial charge in [-0.3, -0.25) is 0 Å². The third-order valence-electron chi connectivity index (χ3n) is 2.33. The lowest BCUT2D eigenvalue weighted by atomic mass is 10.0. The predicted octanol–water partition coefficient (Wildman–Crippen LogP) is 1.26. The van der Waals surface area contributed by atoms with E-state index in [0.717, 1.165) is 5.56 Å². The number of hydrogen-bond donors (Lipinski definition) is 2. The monoisotopic (exact) mass is 191 g/mol. The van der Waals surface area contributed by atoms with Crippen molar-refractivity contribution in [3.05, 3.63) is 35.6 Å². The molecule has 0 saturated carbocycles. The second-order valence-electron chi connectivity index (χ2n) is 3.31. The molecule has 0 aromatic heterocycles. The van der Waals surface area contributed by atoms with E-state index in [1.165, 1.54) is 12.1 Å². The maximum absolute atomic E-state index is 12.6. The van der Waals surface area contributed by atoms with Crippen molar-refractivity contribution in [2.24, 2.45) is 0 Å². The van der Waals surface area contributed by atoms with Crippen molar-refractivity contribution in [3.63, 3.8) is 0 Å². The Bertz CT molecular complexity index is 355. The number of nitrogens with zero attached hydrogens (tertiary/aromatic N) is 1. The van der Waals surface area contributed by atoms with E-state index < -0.39 is 0 Å². The summed E-state index contributed by atoms with van der Waals surface area (Å²) in [6.07, 6.45) is 0.710. The molecule has 2 N–H and O–H groups in total. The van der Waals surface area contributed by atoms with E-state index in [4.69, 9.17) is 5.26 Å². The van der Waals surface area contributed by atoms with E-state index in [2.05, 4.69) is 16.9 Å². The van der Waals surface area contributed by atoms with E-state index in [1.54, 1.807) is 12.1 Å². The van der Waals surface area contributed by atoms with Gasteiger partial charge in [-0.05, 0) is 24.1 Å². The summed E-state index contributed by atoms with van der Waals surface area (Å²) in [5, 5.41) is 8.66. The summed E-state index contributed by atoms with van der Waals surface area (Å²) in [5.74, 6) is -0.239. The zero-order chi connectivity index (χ0) is 9.97. The van der Waals surface area contributed by atoms with Crippen LogP contribution in [-0.2, 0) is 0 Å². The van der Waals surface area contributed by atoms with E-state index in [9.17, 15) is 4.39 Å². The van der Waals surface area contributed by atoms with E-state index in [0.29, 0.717) is 6.42 Å². The molecule has 4 heteroatoms. The molecule has 1 saturated heterocycles. The van der Waals surface area contributed by atoms with Crippen molar-refractivity contribution in [1.29, 1.82) is 5.26 Å². The summed E-state index contributed by atoms with van der Waals surface area (Å²) in [6.45, 7) is 0. The molecule has 2 unspecified atom stereocenters. The van der Waals surface area contributed by atoms with Crippen molar-refractivity contribution >= 4 is 0 Å². The van der Waals surface area contributed by atoms with Crippen LogP contribution in [0.4, 0.5) is 4.39 Å². The summed E-state index contributed by atoms with van der Waals surface area (Å²) >= 11 is 0. The number of halogens is 1. The molecule has 2 rings (SSSR count). The smallest absolute Gasteiger partial charge is 0.123 e. The molecule has 1 aromatic carbocycles. The Hall–Kier alpha value is -1.44. The molecular formula is C10H10FN3. The Kier molecular flexibility index (Phi) is 2.44. The van der Waals surface area contributed by atoms with Crippen LogP contribution in [0.5, 0.6) is 0 Å². The van der Waals surface area contributed by atoms with E-state index in [-0.39, 0.29) is 17.9 Å². The second-order valence-corrected chi connectivity index (χ2v) is 3.31. The first-order valence-electron chi connectivity index (χ1n) is 4.46. The number of hydrazine groups is 1. The Balaban J connectivity index is 2.10. The van der Waals surface area contributed by atoms with Gasteiger partial charge in [0.05, 0.1) is 6.07 Å². The van der Waals surface area contributed by atoms with Crippen LogP contribution >= 0.6 is 0 Å². The fourth-order valence-electron chi connectivity index (χ4n) is 1.55. The molecule has 1 aromatic rings. The molecule has 1 heterocycles. The standard InChI is InChI=1S/C10H10FN3/c11-8-3-1-7(2-4-8)10-5-9(6-12)13-14-10/h1-4,9-10,13-14H,5H2. The van der Waals surface area contributed by atoms with Gasteiger partial charge in [0.1, 0.15) is 11.9 Å². The second kappa shape index (κ2) is 3.74. The zero-order valence-corrected chi connectivity index (χ0v) is 7.50. The SMILES string of the molecule is N#CC1CC(c2ccc(F)cc2)NN1. The Labute approximate surface area is 81.5 Å². The van der Waals surface area contributed by atoms with Crippen molar-refractivity contribution < 1.29 is 4.39 Å². The Morgan fingerprint density at radius 1 is 1.29 bits per heavy atom. The molecule has 0 bridgehead atoms. The number of nitriles is 1. The Morgan fingerprint density at radius 2 is 2.00 bits per heavy atom. The topological polar surface area (TPSA) is 47.9 Å². The summed E-state index contributed by atoms with van der Waals surface area (Å²) in [5.41, 5.74) is 6.86. The minimum Gasteiger partial charge on any atom is -0.249 e. The molecule has 0 spiro atoms. The highest BCUT2D eigenvalue weighted by molar-refractivity contribution is 5.21. The average molecular weight is 191 g/mol. The molecular weight excluding hydrogens is 181 g/mol. The lowest BCUT2D eigenvalue weighted by Gasteiger charge is -2.08. The summed E-state index contributed by atoms with van der Waals surface area (Å²) in [4.78, 5) is 0. The van der Waals surface area contributed by atoms with Crippen LogP contribution in [0.25, 0.3) is 0 Å². The molecule has 1 fully saturated rings. The van der Waals surface area contributed by atoms with Gasteiger partial charge in [-0.25, -0.2) is 15.2 Å². The zero-order valence-electron chi connectivity index (χ0n) is 7.50. The number of nitrogens with one attached hydrogen (secondary N) is 2. The first-order chi connectivity index (χ1) is 6.79. The lowest BCUT2D eigenvalue weighted by Crippen LogP contribution is -2.29. The van der Waals surface area contributed by atoms with Gasteiger partial charge >= 0.3 is 0 Å². The number of hydrogen-bond acceptors (Lipinski definition) is 3. The molecule has 72 valence electrons. The van der Waals surface area contributed by atoms with Crippen LogP contribution in [0, 0.1) is 17.1 Å².